The van der Waals surface area contributed by atoms with Gasteiger partial charge in [0.2, 0.25) is 5.88 Å². The van der Waals surface area contributed by atoms with Gasteiger partial charge in [-0.25, -0.2) is 18.7 Å². The summed E-state index contributed by atoms with van der Waals surface area (Å²) in [6.45, 7) is -0.348. The van der Waals surface area contributed by atoms with Crippen LogP contribution in [0.2, 0.25) is 0 Å². The van der Waals surface area contributed by atoms with E-state index in [2.05, 4.69) is 19.9 Å². The quantitative estimate of drug-likeness (QED) is 0.560. The number of carbonyl (C=O) groups excluding carboxylic acids is 1. The molecule has 1 N–H and O–H groups in total. The van der Waals surface area contributed by atoms with Crippen LogP contribution >= 0.6 is 0 Å². The number of halogens is 2. The Morgan fingerprint density at radius 2 is 2.07 bits per heavy atom. The summed E-state index contributed by atoms with van der Waals surface area (Å²) in [5.74, 6) is -3.39. The zero-order valence-corrected chi connectivity index (χ0v) is 15.8. The first-order valence-electron chi connectivity index (χ1n) is 9.48. The van der Waals surface area contributed by atoms with Gasteiger partial charge in [-0.05, 0) is 12.1 Å². The van der Waals surface area contributed by atoms with Gasteiger partial charge in [-0.1, -0.05) is 18.2 Å². The van der Waals surface area contributed by atoms with Crippen molar-refractivity contribution in [2.24, 2.45) is 0 Å². The first kappa shape index (κ1) is 18.4. The van der Waals surface area contributed by atoms with E-state index in [1.165, 1.54) is 17.4 Å². The number of para-hydroxylation sites is 1. The van der Waals surface area contributed by atoms with Crippen LogP contribution in [0.5, 0.6) is 5.88 Å². The molecule has 1 fully saturated rings. The summed E-state index contributed by atoms with van der Waals surface area (Å²) in [6, 6.07) is 10.7. The van der Waals surface area contributed by atoms with Crippen LogP contribution in [0.25, 0.3) is 21.9 Å². The lowest BCUT2D eigenvalue weighted by Crippen LogP contribution is -2.55. The number of alkyl halides is 2. The average Bonchev–Trinajstić information content (AvgIpc) is 3.23. The predicted molar refractivity (Wildman–Crippen MR) is 106 cm³/mol. The Hall–Kier alpha value is -3.62. The third-order valence-corrected chi connectivity index (χ3v) is 5.26. The molecule has 1 aliphatic rings. The number of imidazole rings is 1. The highest BCUT2D eigenvalue weighted by Crippen LogP contribution is 2.32. The van der Waals surface area contributed by atoms with Gasteiger partial charge in [-0.2, -0.15) is 0 Å². The minimum Gasteiger partial charge on any atom is -0.466 e. The number of benzene rings is 1. The molecule has 5 rings (SSSR count). The summed E-state index contributed by atoms with van der Waals surface area (Å²) >= 11 is 0. The van der Waals surface area contributed by atoms with E-state index < -0.39 is 24.4 Å². The third kappa shape index (κ3) is 3.22. The van der Waals surface area contributed by atoms with Crippen molar-refractivity contribution in [2.75, 3.05) is 13.1 Å². The Morgan fingerprint density at radius 1 is 1.20 bits per heavy atom. The Bertz CT molecular complexity index is 1240. The Morgan fingerprint density at radius 3 is 2.97 bits per heavy atom. The van der Waals surface area contributed by atoms with Crippen molar-refractivity contribution in [2.45, 2.75) is 18.4 Å². The zero-order chi connectivity index (χ0) is 20.7. The maximum atomic E-state index is 14.6. The number of aromatic amines is 1. The van der Waals surface area contributed by atoms with Crippen molar-refractivity contribution in [1.82, 2.24) is 24.8 Å². The van der Waals surface area contributed by atoms with E-state index >= 15 is 0 Å². The molecule has 1 saturated heterocycles. The molecule has 7 nitrogen and oxygen atoms in total. The summed E-state index contributed by atoms with van der Waals surface area (Å²) in [7, 11) is 0. The number of amides is 1. The van der Waals surface area contributed by atoms with E-state index in [4.69, 9.17) is 4.74 Å². The molecule has 9 heteroatoms. The average molecular weight is 409 g/mol. The third-order valence-electron chi connectivity index (χ3n) is 5.26. The molecule has 0 bridgehead atoms. The van der Waals surface area contributed by atoms with Crippen molar-refractivity contribution in [1.29, 1.82) is 0 Å². The summed E-state index contributed by atoms with van der Waals surface area (Å²) in [5, 5.41) is 0.886. The minimum atomic E-state index is -3.08. The molecular weight excluding hydrogens is 392 g/mol. The molecule has 152 valence electrons. The highest BCUT2D eigenvalue weighted by molar-refractivity contribution is 6.04. The number of H-pyrrole nitrogens is 1. The Balaban J connectivity index is 1.40. The smallest absolute Gasteiger partial charge is 0.287 e. The molecule has 1 aromatic carbocycles. The van der Waals surface area contributed by atoms with Gasteiger partial charge in [-0.3, -0.25) is 9.78 Å². The largest absolute Gasteiger partial charge is 0.466 e. The summed E-state index contributed by atoms with van der Waals surface area (Å²) in [4.78, 5) is 29.8. The van der Waals surface area contributed by atoms with Gasteiger partial charge in [0, 0.05) is 30.6 Å². The van der Waals surface area contributed by atoms with Crippen molar-refractivity contribution >= 4 is 27.8 Å². The van der Waals surface area contributed by atoms with Gasteiger partial charge in [0.15, 0.2) is 6.10 Å². The maximum Gasteiger partial charge on any atom is 0.287 e. The monoisotopic (exact) mass is 409 g/mol. The molecule has 0 radical (unpaired) electrons. The molecule has 0 spiro atoms. The predicted octanol–water partition coefficient (Wildman–Crippen LogP) is 3.43. The van der Waals surface area contributed by atoms with E-state index in [1.54, 1.807) is 24.4 Å². The molecule has 3 aromatic heterocycles. The molecule has 4 aromatic rings. The number of rotatable bonds is 3. The van der Waals surface area contributed by atoms with Crippen LogP contribution in [0.1, 0.15) is 16.8 Å². The van der Waals surface area contributed by atoms with E-state index in [9.17, 15) is 13.6 Å². The number of nitrogens with zero attached hydrogens (tertiary/aromatic N) is 4. The Kier molecular flexibility index (Phi) is 4.30. The number of hydrogen-bond donors (Lipinski definition) is 1. The molecule has 0 saturated carbocycles. The molecule has 30 heavy (non-hydrogen) atoms. The number of carbonyl (C=O) groups is 1. The van der Waals surface area contributed by atoms with Crippen LogP contribution in [0.4, 0.5) is 8.78 Å². The number of pyridine rings is 2. The Labute approximate surface area is 169 Å². The van der Waals surface area contributed by atoms with Crippen molar-refractivity contribution in [3.8, 4) is 5.88 Å². The highest BCUT2D eigenvalue weighted by atomic mass is 19.3. The number of nitrogens with one attached hydrogen (secondary N) is 1. The van der Waals surface area contributed by atoms with Crippen LogP contribution in [-0.4, -0.2) is 55.9 Å². The SMILES string of the molecule is O=C(c1cncc2[nH]cnc12)N1CCC(F)(F)C(Oc2ccc3ccccc3n2)C1. The lowest BCUT2D eigenvalue weighted by molar-refractivity contribution is -0.131. The second-order valence-electron chi connectivity index (χ2n) is 7.20. The second-order valence-corrected chi connectivity index (χ2v) is 7.20. The van der Waals surface area contributed by atoms with Gasteiger partial charge >= 0.3 is 0 Å². The van der Waals surface area contributed by atoms with Crippen LogP contribution in [0.3, 0.4) is 0 Å². The van der Waals surface area contributed by atoms with Gasteiger partial charge in [0.25, 0.3) is 11.8 Å². The molecule has 1 atom stereocenters. The molecule has 1 amide bonds. The van der Waals surface area contributed by atoms with Gasteiger partial charge in [0.05, 0.1) is 35.7 Å². The minimum absolute atomic E-state index is 0.0857. The molecule has 1 aliphatic heterocycles. The van der Waals surface area contributed by atoms with Crippen LogP contribution in [0.15, 0.2) is 55.1 Å². The first-order valence-corrected chi connectivity index (χ1v) is 9.48. The van der Waals surface area contributed by atoms with Crippen LogP contribution < -0.4 is 4.74 Å². The second kappa shape index (κ2) is 7.01. The molecule has 1 unspecified atom stereocenters. The van der Waals surface area contributed by atoms with E-state index in [-0.39, 0.29) is 24.5 Å². The summed E-state index contributed by atoms with van der Waals surface area (Å²) in [6.07, 6.45) is 2.42. The number of hydrogen-bond acceptors (Lipinski definition) is 5. The van der Waals surface area contributed by atoms with E-state index in [0.29, 0.717) is 16.6 Å². The molecule has 0 aliphatic carbocycles. The fraction of sp³-hybridized carbons (Fsp3) is 0.238. The topological polar surface area (TPSA) is 84.0 Å². The van der Waals surface area contributed by atoms with Crippen LogP contribution in [-0.2, 0) is 0 Å². The van der Waals surface area contributed by atoms with Gasteiger partial charge < -0.3 is 14.6 Å². The number of ether oxygens (including phenoxy) is 1. The lowest BCUT2D eigenvalue weighted by atomic mass is 10.0. The zero-order valence-electron chi connectivity index (χ0n) is 15.8. The van der Waals surface area contributed by atoms with E-state index in [0.717, 1.165) is 5.39 Å². The van der Waals surface area contributed by atoms with E-state index in [1.807, 2.05) is 18.2 Å². The number of fused-ring (bicyclic) bond motifs is 2. The fourth-order valence-corrected chi connectivity index (χ4v) is 3.63. The number of aromatic nitrogens is 4. The van der Waals surface area contributed by atoms with Gasteiger partial charge in [-0.15, -0.1) is 0 Å². The molecule has 4 heterocycles. The standard InChI is InChI=1S/C21H17F2N5O2/c22-21(23)7-8-28(20(29)14-9-24-10-16-19(14)26-12-25-16)11-17(21)30-18-6-5-13-3-1-2-4-15(13)27-18/h1-6,9-10,12,17H,7-8,11H2,(H,25,26). The summed E-state index contributed by atoms with van der Waals surface area (Å²) in [5.41, 5.74) is 1.98. The maximum absolute atomic E-state index is 14.6. The van der Waals surface area contributed by atoms with Crippen molar-refractivity contribution < 1.29 is 18.3 Å². The number of piperidine rings is 1. The van der Waals surface area contributed by atoms with Crippen molar-refractivity contribution in [3.63, 3.8) is 0 Å². The van der Waals surface area contributed by atoms with Gasteiger partial charge in [0.1, 0.15) is 5.52 Å². The number of likely N-dealkylation sites (tertiary alicyclic amines) is 1. The lowest BCUT2D eigenvalue weighted by Gasteiger charge is -2.37. The summed E-state index contributed by atoms with van der Waals surface area (Å²) < 4.78 is 34.8. The van der Waals surface area contributed by atoms with Crippen molar-refractivity contribution in [3.05, 3.63) is 60.7 Å². The van der Waals surface area contributed by atoms with Crippen LogP contribution in [0, 0.1) is 0 Å². The first-order chi connectivity index (χ1) is 14.5. The highest BCUT2D eigenvalue weighted by Gasteiger charge is 2.47. The fourth-order valence-electron chi connectivity index (χ4n) is 3.63. The molecular formula is C21H17F2N5O2. The normalized spacial score (nSPS) is 18.6.